The van der Waals surface area contributed by atoms with Gasteiger partial charge in [-0.3, -0.25) is 9.59 Å². The number of methoxy groups -OCH3 is 1. The van der Waals surface area contributed by atoms with Crippen LogP contribution < -0.4 is 20.2 Å². The Morgan fingerprint density at radius 1 is 1.00 bits per heavy atom. The summed E-state index contributed by atoms with van der Waals surface area (Å²) in [5, 5.41) is 6.79. The van der Waals surface area contributed by atoms with Crippen molar-refractivity contribution < 1.29 is 19.1 Å². The van der Waals surface area contributed by atoms with Gasteiger partial charge in [0.15, 0.2) is 18.1 Å². The minimum Gasteiger partial charge on any atom is -0.493 e. The second kappa shape index (κ2) is 11.3. The summed E-state index contributed by atoms with van der Waals surface area (Å²) in [6.45, 7) is 3.74. The van der Waals surface area contributed by atoms with E-state index in [0.717, 1.165) is 11.1 Å². The van der Waals surface area contributed by atoms with E-state index >= 15 is 0 Å². The first kappa shape index (κ1) is 24.0. The maximum absolute atomic E-state index is 12.2. The van der Waals surface area contributed by atoms with E-state index in [9.17, 15) is 9.59 Å². The van der Waals surface area contributed by atoms with Gasteiger partial charge in [-0.05, 0) is 71.7 Å². The number of benzene rings is 3. The van der Waals surface area contributed by atoms with Crippen molar-refractivity contribution in [2.75, 3.05) is 19.0 Å². The van der Waals surface area contributed by atoms with Crippen molar-refractivity contribution in [3.8, 4) is 11.5 Å². The van der Waals surface area contributed by atoms with Gasteiger partial charge in [0.25, 0.3) is 11.8 Å². The predicted molar refractivity (Wildman–Crippen MR) is 132 cm³/mol. The quantitative estimate of drug-likeness (QED) is 0.335. The normalized spacial score (nSPS) is 10.7. The summed E-state index contributed by atoms with van der Waals surface area (Å²) in [7, 11) is 1.50. The van der Waals surface area contributed by atoms with Crippen molar-refractivity contribution in [1.82, 2.24) is 5.43 Å². The number of aryl methyl sites for hydroxylation is 2. The van der Waals surface area contributed by atoms with Gasteiger partial charge in [-0.1, -0.05) is 35.4 Å². The Morgan fingerprint density at radius 2 is 1.64 bits per heavy atom. The number of carbonyl (C=O) groups is 2. The summed E-state index contributed by atoms with van der Waals surface area (Å²) in [5.74, 6) is 0.199. The van der Waals surface area contributed by atoms with Gasteiger partial charge < -0.3 is 14.8 Å². The number of anilines is 1. The van der Waals surface area contributed by atoms with Crippen molar-refractivity contribution in [1.29, 1.82) is 0 Å². The van der Waals surface area contributed by atoms with E-state index in [1.807, 2.05) is 50.2 Å². The molecule has 170 valence electrons. The molecule has 0 atom stereocenters. The third-order valence-corrected chi connectivity index (χ3v) is 5.22. The van der Waals surface area contributed by atoms with E-state index in [0.29, 0.717) is 32.8 Å². The third-order valence-electron chi connectivity index (χ3n) is 4.63. The number of hydrogen-bond donors (Lipinski definition) is 2. The smallest absolute Gasteiger partial charge is 0.271 e. The number of nitrogens with zero attached hydrogens (tertiary/aromatic N) is 1. The number of nitrogens with one attached hydrogen (secondary N) is 2. The van der Waals surface area contributed by atoms with Crippen LogP contribution in [0.1, 0.15) is 27.0 Å². The van der Waals surface area contributed by atoms with Gasteiger partial charge >= 0.3 is 0 Å². The molecule has 0 aliphatic carbocycles. The van der Waals surface area contributed by atoms with Crippen molar-refractivity contribution in [3.05, 3.63) is 87.4 Å². The minimum atomic E-state index is -0.308. The van der Waals surface area contributed by atoms with E-state index in [-0.39, 0.29) is 18.4 Å². The van der Waals surface area contributed by atoms with Crippen LogP contribution in [0.3, 0.4) is 0 Å². The molecule has 0 aliphatic heterocycles. The molecule has 0 bridgehead atoms. The molecule has 2 N–H and O–H groups in total. The van der Waals surface area contributed by atoms with Crippen LogP contribution in [0.5, 0.6) is 11.5 Å². The summed E-state index contributed by atoms with van der Waals surface area (Å²) in [6.07, 6.45) is 1.49. The molecule has 0 saturated carbocycles. The van der Waals surface area contributed by atoms with Crippen LogP contribution in [-0.2, 0) is 4.79 Å². The van der Waals surface area contributed by atoms with E-state index in [1.165, 1.54) is 13.3 Å². The molecule has 0 aliphatic rings. The maximum Gasteiger partial charge on any atom is 0.271 e. The number of halogens is 1. The fourth-order valence-corrected chi connectivity index (χ4v) is 3.44. The monoisotopic (exact) mass is 509 g/mol. The number of hydrogen-bond acceptors (Lipinski definition) is 5. The molecule has 0 fully saturated rings. The zero-order chi connectivity index (χ0) is 23.8. The Bertz CT molecular complexity index is 1160. The van der Waals surface area contributed by atoms with Gasteiger partial charge in [0, 0.05) is 11.3 Å². The van der Waals surface area contributed by atoms with Gasteiger partial charge in [0.2, 0.25) is 0 Å². The molecule has 0 spiro atoms. The zero-order valence-corrected chi connectivity index (χ0v) is 20.1. The van der Waals surface area contributed by atoms with Crippen LogP contribution in [0.25, 0.3) is 0 Å². The van der Waals surface area contributed by atoms with Gasteiger partial charge in [-0.15, -0.1) is 0 Å². The standard InChI is InChI=1S/C25H24BrN3O4/c1-16-4-8-19(9-5-16)25(31)29-27-14-18-12-21(26)24(22(13-18)32-3)33-15-23(30)28-20-10-6-17(2)7-11-20/h4-14H,15H2,1-3H3,(H,28,30)(H,29,31)/b27-14+. The third kappa shape index (κ3) is 6.92. The molecule has 2 amide bonds. The summed E-state index contributed by atoms with van der Waals surface area (Å²) >= 11 is 3.44. The highest BCUT2D eigenvalue weighted by Gasteiger charge is 2.13. The van der Waals surface area contributed by atoms with E-state index in [2.05, 4.69) is 31.8 Å². The first-order valence-electron chi connectivity index (χ1n) is 10.1. The predicted octanol–water partition coefficient (Wildman–Crippen LogP) is 4.86. The molecule has 0 saturated heterocycles. The average Bonchev–Trinajstić information content (AvgIpc) is 2.80. The molecule has 8 heteroatoms. The SMILES string of the molecule is COc1cc(/C=N/NC(=O)c2ccc(C)cc2)cc(Br)c1OCC(=O)Nc1ccc(C)cc1. The molecule has 7 nitrogen and oxygen atoms in total. The van der Waals surface area contributed by atoms with Gasteiger partial charge in [-0.2, -0.15) is 5.10 Å². The van der Waals surface area contributed by atoms with Gasteiger partial charge in [0.05, 0.1) is 17.8 Å². The second-order valence-corrected chi connectivity index (χ2v) is 8.16. The highest BCUT2D eigenvalue weighted by Crippen LogP contribution is 2.36. The van der Waals surface area contributed by atoms with Crippen molar-refractivity contribution >= 4 is 39.6 Å². The van der Waals surface area contributed by atoms with Crippen molar-refractivity contribution in [2.24, 2.45) is 5.10 Å². The van der Waals surface area contributed by atoms with Crippen LogP contribution in [0.2, 0.25) is 0 Å². The molecule has 3 aromatic rings. The van der Waals surface area contributed by atoms with Crippen molar-refractivity contribution in [3.63, 3.8) is 0 Å². The Labute approximate surface area is 200 Å². The summed E-state index contributed by atoms with van der Waals surface area (Å²) in [5.41, 5.74) is 6.55. The second-order valence-electron chi connectivity index (χ2n) is 7.30. The lowest BCUT2D eigenvalue weighted by molar-refractivity contribution is -0.118. The van der Waals surface area contributed by atoms with Gasteiger partial charge in [-0.25, -0.2) is 5.43 Å². The largest absolute Gasteiger partial charge is 0.493 e. The first-order valence-corrected chi connectivity index (χ1v) is 10.9. The summed E-state index contributed by atoms with van der Waals surface area (Å²) in [4.78, 5) is 24.4. The average molecular weight is 510 g/mol. The van der Waals surface area contributed by atoms with E-state index in [4.69, 9.17) is 9.47 Å². The molecule has 0 heterocycles. The summed E-state index contributed by atoms with van der Waals surface area (Å²) in [6, 6.07) is 18.1. The van der Waals surface area contributed by atoms with Crippen LogP contribution in [-0.4, -0.2) is 31.7 Å². The molecule has 0 unspecified atom stereocenters. The highest BCUT2D eigenvalue weighted by atomic mass is 79.9. The Morgan fingerprint density at radius 3 is 2.27 bits per heavy atom. The first-order chi connectivity index (χ1) is 15.9. The minimum absolute atomic E-state index is 0.192. The molecule has 33 heavy (non-hydrogen) atoms. The number of carbonyl (C=O) groups excluding carboxylic acids is 2. The number of rotatable bonds is 8. The molecule has 3 rings (SSSR count). The molecular weight excluding hydrogens is 486 g/mol. The van der Waals surface area contributed by atoms with Crippen molar-refractivity contribution in [2.45, 2.75) is 13.8 Å². The van der Waals surface area contributed by atoms with Crippen LogP contribution in [0.4, 0.5) is 5.69 Å². The van der Waals surface area contributed by atoms with Crippen LogP contribution in [0.15, 0.2) is 70.2 Å². The fourth-order valence-electron chi connectivity index (χ4n) is 2.86. The Hall–Kier alpha value is -3.65. The van der Waals surface area contributed by atoms with Gasteiger partial charge in [0.1, 0.15) is 0 Å². The summed E-state index contributed by atoms with van der Waals surface area (Å²) < 4.78 is 11.7. The van der Waals surface area contributed by atoms with E-state index in [1.54, 1.807) is 24.3 Å². The number of hydrazone groups is 1. The molecule has 3 aromatic carbocycles. The number of ether oxygens (including phenoxy) is 2. The lowest BCUT2D eigenvalue weighted by Crippen LogP contribution is -2.20. The molecule has 0 aromatic heterocycles. The lowest BCUT2D eigenvalue weighted by Gasteiger charge is -2.13. The Balaban J connectivity index is 1.62. The van der Waals surface area contributed by atoms with Crippen LogP contribution in [0, 0.1) is 13.8 Å². The Kier molecular flexibility index (Phi) is 8.21. The zero-order valence-electron chi connectivity index (χ0n) is 18.5. The van der Waals surface area contributed by atoms with E-state index < -0.39 is 0 Å². The van der Waals surface area contributed by atoms with Crippen LogP contribution >= 0.6 is 15.9 Å². The highest BCUT2D eigenvalue weighted by molar-refractivity contribution is 9.10. The number of amides is 2. The maximum atomic E-state index is 12.2. The lowest BCUT2D eigenvalue weighted by atomic mass is 10.1. The molecule has 0 radical (unpaired) electrons. The topological polar surface area (TPSA) is 89.0 Å². The fraction of sp³-hybridized carbons (Fsp3) is 0.160. The molecular formula is C25H24BrN3O4.